The summed E-state index contributed by atoms with van der Waals surface area (Å²) in [6, 6.07) is 9.95. The van der Waals surface area contributed by atoms with Crippen LogP contribution in [0.2, 0.25) is 0 Å². The number of benzene rings is 1. The molecule has 0 radical (unpaired) electrons. The van der Waals surface area contributed by atoms with Gasteiger partial charge in [-0.1, -0.05) is 0 Å². The van der Waals surface area contributed by atoms with Crippen LogP contribution >= 0.6 is 0 Å². The molecule has 12 heavy (non-hydrogen) atoms. The van der Waals surface area contributed by atoms with Crippen molar-refractivity contribution in [2.24, 2.45) is 0 Å². The van der Waals surface area contributed by atoms with Gasteiger partial charge in [0, 0.05) is 0 Å². The van der Waals surface area contributed by atoms with Crippen LogP contribution in [-0.4, -0.2) is 39.4 Å². The molecule has 0 N–H and O–H groups in total. The van der Waals surface area contributed by atoms with Crippen LogP contribution in [0.15, 0.2) is 30.3 Å². The third-order valence-electron chi connectivity index (χ3n) is 1.43. The zero-order chi connectivity index (χ0) is 8.97. The van der Waals surface area contributed by atoms with Crippen LogP contribution in [0.1, 0.15) is 0 Å². The van der Waals surface area contributed by atoms with E-state index in [0.717, 1.165) is 0 Å². The molecule has 2 nitrogen and oxygen atoms in total. The van der Waals surface area contributed by atoms with E-state index in [2.05, 4.69) is 0 Å². The van der Waals surface area contributed by atoms with Crippen molar-refractivity contribution in [3.05, 3.63) is 30.3 Å². The summed E-state index contributed by atoms with van der Waals surface area (Å²) in [7, 11) is 3.60. The molecule has 0 fully saturated rings. The van der Waals surface area contributed by atoms with Gasteiger partial charge in [0.25, 0.3) is 0 Å². The van der Waals surface area contributed by atoms with E-state index in [0.29, 0.717) is 0 Å². The van der Waals surface area contributed by atoms with Gasteiger partial charge in [0.05, 0.1) is 0 Å². The number of carbonyl (C=O) groups excluding carboxylic acids is 1. The van der Waals surface area contributed by atoms with Gasteiger partial charge in [0.15, 0.2) is 0 Å². The first-order valence-electron chi connectivity index (χ1n) is 3.73. The van der Waals surface area contributed by atoms with E-state index in [4.69, 9.17) is 0 Å². The molecule has 0 saturated heterocycles. The van der Waals surface area contributed by atoms with E-state index in [9.17, 15) is 4.79 Å². The predicted octanol–water partition coefficient (Wildman–Crippen LogP) is 0.430. The van der Waals surface area contributed by atoms with Crippen molar-refractivity contribution in [3.8, 4) is 0 Å². The Bertz CT molecular complexity index is 258. The molecule has 0 bridgehead atoms. The van der Waals surface area contributed by atoms with E-state index < -0.39 is 15.8 Å². The van der Waals surface area contributed by atoms with Gasteiger partial charge in [-0.2, -0.15) is 0 Å². The predicted molar refractivity (Wildman–Crippen MR) is 52.3 cm³/mol. The van der Waals surface area contributed by atoms with Gasteiger partial charge in [-0.25, -0.2) is 0 Å². The van der Waals surface area contributed by atoms with Crippen molar-refractivity contribution in [1.29, 1.82) is 0 Å². The Morgan fingerprint density at radius 3 is 2.33 bits per heavy atom. The summed E-state index contributed by atoms with van der Waals surface area (Å²) in [5.74, 6) is 0. The van der Waals surface area contributed by atoms with Crippen molar-refractivity contribution in [2.75, 3.05) is 14.1 Å². The van der Waals surface area contributed by atoms with Crippen LogP contribution < -0.4 is 4.35 Å². The van der Waals surface area contributed by atoms with Crippen LogP contribution in [0.5, 0.6) is 0 Å². The van der Waals surface area contributed by atoms with Gasteiger partial charge < -0.3 is 0 Å². The zero-order valence-electron chi connectivity index (χ0n) is 7.24. The van der Waals surface area contributed by atoms with Crippen LogP contribution in [-0.2, 0) is 0 Å². The molecule has 0 aromatic heterocycles. The summed E-state index contributed by atoms with van der Waals surface area (Å²) in [5.41, 5.74) is 0. The molecule has 1 aromatic carbocycles. The minimum atomic E-state index is -0.623. The van der Waals surface area contributed by atoms with Gasteiger partial charge in [-0.15, -0.1) is 0 Å². The van der Waals surface area contributed by atoms with Gasteiger partial charge in [-0.05, 0) is 0 Å². The summed E-state index contributed by atoms with van der Waals surface area (Å²) in [5, 5.41) is 0. The first-order chi connectivity index (χ1) is 5.70. The maximum absolute atomic E-state index is 11.3. The SMILES string of the molecule is CN(C)C(=O)[AsH]c1ccccc1. The Labute approximate surface area is 79.3 Å². The maximum atomic E-state index is 11.3. The van der Waals surface area contributed by atoms with Crippen LogP contribution in [0.25, 0.3) is 0 Å². The molecule has 0 aliphatic rings. The summed E-state index contributed by atoms with van der Waals surface area (Å²) in [6.07, 6.45) is 0. The molecule has 0 aliphatic carbocycles. The first kappa shape index (κ1) is 9.34. The number of hydrogen-bond acceptors (Lipinski definition) is 1. The molecule has 1 aromatic rings. The number of hydrogen-bond donors (Lipinski definition) is 0. The minimum absolute atomic E-state index is 0.265. The molecular weight excluding hydrogens is 213 g/mol. The van der Waals surface area contributed by atoms with Crippen LogP contribution in [0.3, 0.4) is 0 Å². The number of rotatable bonds is 2. The van der Waals surface area contributed by atoms with Crippen molar-refractivity contribution >= 4 is 24.8 Å². The molecule has 0 aliphatic heterocycles. The van der Waals surface area contributed by atoms with E-state index in [1.54, 1.807) is 19.0 Å². The van der Waals surface area contributed by atoms with Gasteiger partial charge >= 0.3 is 78.9 Å². The van der Waals surface area contributed by atoms with Gasteiger partial charge in [0.2, 0.25) is 0 Å². The fraction of sp³-hybridized carbons (Fsp3) is 0.222. The Balaban J connectivity index is 2.59. The van der Waals surface area contributed by atoms with Crippen molar-refractivity contribution in [3.63, 3.8) is 0 Å². The Hall–Kier alpha value is -0.752. The standard InChI is InChI=1S/C9H12AsNO/c1-11(2)9(12)10-8-6-4-3-5-7-8/h3-7,10H,1-2H3. The Morgan fingerprint density at radius 2 is 1.83 bits per heavy atom. The second-order valence-corrected chi connectivity index (χ2v) is 5.32. The summed E-state index contributed by atoms with van der Waals surface area (Å²) >= 11 is -0.623. The summed E-state index contributed by atoms with van der Waals surface area (Å²) in [4.78, 5) is 13.0. The third kappa shape index (κ3) is 2.71. The fourth-order valence-corrected chi connectivity index (χ4v) is 2.50. The molecule has 1 amide bonds. The molecule has 0 saturated carbocycles. The first-order valence-corrected chi connectivity index (χ1v) is 5.83. The van der Waals surface area contributed by atoms with Crippen molar-refractivity contribution < 1.29 is 4.79 Å². The third-order valence-corrected chi connectivity index (χ3v) is 4.12. The number of carbonyl (C=O) groups is 1. The van der Waals surface area contributed by atoms with E-state index in [-0.39, 0.29) is 4.69 Å². The Kier molecular flexibility index (Phi) is 3.36. The van der Waals surface area contributed by atoms with Crippen LogP contribution in [0.4, 0.5) is 4.79 Å². The monoisotopic (exact) mass is 225 g/mol. The van der Waals surface area contributed by atoms with Gasteiger partial charge in [0.1, 0.15) is 0 Å². The molecular formula is C9H12AsNO. The molecule has 0 heterocycles. The molecule has 64 valence electrons. The van der Waals surface area contributed by atoms with E-state index >= 15 is 0 Å². The average molecular weight is 225 g/mol. The van der Waals surface area contributed by atoms with Crippen LogP contribution in [0, 0.1) is 0 Å². The fourth-order valence-electron chi connectivity index (χ4n) is 0.757. The summed E-state index contributed by atoms with van der Waals surface area (Å²) < 4.78 is 1.46. The topological polar surface area (TPSA) is 20.3 Å². The second-order valence-electron chi connectivity index (χ2n) is 2.69. The van der Waals surface area contributed by atoms with E-state index in [1.165, 1.54) is 4.35 Å². The molecule has 1 unspecified atom stereocenters. The number of nitrogens with zero attached hydrogens (tertiary/aromatic N) is 1. The zero-order valence-corrected chi connectivity index (χ0v) is 9.34. The van der Waals surface area contributed by atoms with Crippen molar-refractivity contribution in [2.45, 2.75) is 0 Å². The molecule has 0 spiro atoms. The quantitative estimate of drug-likeness (QED) is 0.668. The average Bonchev–Trinajstić information content (AvgIpc) is 2.06. The normalized spacial score (nSPS) is 10.5. The Morgan fingerprint density at radius 1 is 1.25 bits per heavy atom. The second kappa shape index (κ2) is 4.32. The van der Waals surface area contributed by atoms with Crippen molar-refractivity contribution in [1.82, 2.24) is 4.90 Å². The summed E-state index contributed by atoms with van der Waals surface area (Å²) in [6.45, 7) is 0. The molecule has 1 rings (SSSR count). The van der Waals surface area contributed by atoms with E-state index in [1.807, 2.05) is 30.3 Å². The number of amides is 1. The molecule has 1 atom stereocenters. The molecule has 3 heteroatoms. The van der Waals surface area contributed by atoms with Gasteiger partial charge in [-0.3, -0.25) is 0 Å².